The molecule has 0 radical (unpaired) electrons. The summed E-state index contributed by atoms with van der Waals surface area (Å²) >= 11 is 0. The predicted octanol–water partition coefficient (Wildman–Crippen LogP) is 2.68. The van der Waals surface area contributed by atoms with Crippen molar-refractivity contribution in [2.45, 2.75) is 77.5 Å². The molecule has 7 heteroatoms. The maximum atomic E-state index is 12.8. The lowest BCUT2D eigenvalue weighted by atomic mass is 9.69. The molecule has 2 bridgehead atoms. The Labute approximate surface area is 156 Å². The summed E-state index contributed by atoms with van der Waals surface area (Å²) in [7, 11) is -3.48. The molecule has 6 nitrogen and oxygen atoms in total. The number of hydrogen-bond acceptors (Lipinski definition) is 5. The van der Waals surface area contributed by atoms with E-state index in [-0.39, 0.29) is 34.8 Å². The van der Waals surface area contributed by atoms with Crippen molar-refractivity contribution in [1.82, 2.24) is 4.31 Å². The molecule has 2 aliphatic carbocycles. The number of carbonyl (C=O) groups is 1. The van der Waals surface area contributed by atoms with E-state index < -0.39 is 10.0 Å². The monoisotopic (exact) mass is 385 g/mol. The molecule has 4 aliphatic rings. The molecule has 0 N–H and O–H groups in total. The second-order valence-electron chi connectivity index (χ2n) is 9.08. The quantitative estimate of drug-likeness (QED) is 0.680. The van der Waals surface area contributed by atoms with Gasteiger partial charge in [0.25, 0.3) is 0 Å². The van der Waals surface area contributed by atoms with Crippen LogP contribution in [0.5, 0.6) is 0 Å². The van der Waals surface area contributed by atoms with E-state index >= 15 is 0 Å². The van der Waals surface area contributed by atoms with Crippen LogP contribution in [0.25, 0.3) is 0 Å². The van der Waals surface area contributed by atoms with Crippen molar-refractivity contribution in [2.24, 2.45) is 16.7 Å². The van der Waals surface area contributed by atoms with Gasteiger partial charge >= 0.3 is 0 Å². The van der Waals surface area contributed by atoms with Crippen molar-refractivity contribution in [3.05, 3.63) is 0 Å². The van der Waals surface area contributed by atoms with Crippen LogP contribution in [0.4, 0.5) is 0 Å². The van der Waals surface area contributed by atoms with Gasteiger partial charge in [0, 0.05) is 11.8 Å². The van der Waals surface area contributed by atoms with Crippen LogP contribution >= 0.6 is 0 Å². The van der Waals surface area contributed by atoms with Crippen molar-refractivity contribution in [3.63, 3.8) is 0 Å². The molecular formula is C19H31NO5S. The molecule has 148 valence electrons. The van der Waals surface area contributed by atoms with Crippen LogP contribution in [0.2, 0.25) is 0 Å². The third-order valence-electron chi connectivity index (χ3n) is 7.63. The molecule has 1 amide bonds. The lowest BCUT2D eigenvalue weighted by molar-refractivity contribution is -0.181. The molecule has 2 unspecified atom stereocenters. The minimum absolute atomic E-state index is 0.00935. The second kappa shape index (κ2) is 6.45. The molecule has 26 heavy (non-hydrogen) atoms. The van der Waals surface area contributed by atoms with Gasteiger partial charge in [0.2, 0.25) is 15.9 Å². The summed E-state index contributed by atoms with van der Waals surface area (Å²) in [4.78, 5) is 12.8. The van der Waals surface area contributed by atoms with E-state index in [9.17, 15) is 13.2 Å². The van der Waals surface area contributed by atoms with E-state index in [1.54, 1.807) is 0 Å². The van der Waals surface area contributed by atoms with Gasteiger partial charge in [0.05, 0.1) is 25.0 Å². The summed E-state index contributed by atoms with van der Waals surface area (Å²) in [5.41, 5.74) is -0.217. The zero-order valence-electron chi connectivity index (χ0n) is 15.9. The first-order chi connectivity index (χ1) is 12.3. The summed E-state index contributed by atoms with van der Waals surface area (Å²) < 4.78 is 38.0. The lowest BCUT2D eigenvalue weighted by Crippen LogP contribution is -2.44. The number of hydrogen-bond donors (Lipinski definition) is 0. The summed E-state index contributed by atoms with van der Waals surface area (Å²) in [6.07, 6.45) is 6.21. The van der Waals surface area contributed by atoms with Crippen LogP contribution in [0.15, 0.2) is 0 Å². The third-order valence-corrected chi connectivity index (χ3v) is 9.57. The first-order valence-corrected chi connectivity index (χ1v) is 11.7. The molecule has 2 aliphatic heterocycles. The van der Waals surface area contributed by atoms with Crippen molar-refractivity contribution in [1.29, 1.82) is 0 Å². The normalized spacial score (nSPS) is 37.8. The average molecular weight is 386 g/mol. The van der Waals surface area contributed by atoms with Crippen LogP contribution in [0.3, 0.4) is 0 Å². The number of carbonyl (C=O) groups excluding carboxylic acids is 1. The number of unbranched alkanes of at least 4 members (excludes halogenated alkanes) is 1. The third kappa shape index (κ3) is 2.73. The van der Waals surface area contributed by atoms with E-state index in [1.165, 1.54) is 4.31 Å². The Balaban J connectivity index is 1.37. The highest BCUT2D eigenvalue weighted by Crippen LogP contribution is 2.70. The Morgan fingerprint density at radius 3 is 2.62 bits per heavy atom. The molecule has 2 heterocycles. The molecule has 3 atom stereocenters. The molecule has 2 saturated heterocycles. The molecule has 4 rings (SSSR count). The zero-order valence-corrected chi connectivity index (χ0v) is 16.7. The Hall–Kier alpha value is -0.660. The summed E-state index contributed by atoms with van der Waals surface area (Å²) in [6, 6.07) is -0.112. The highest BCUT2D eigenvalue weighted by molar-refractivity contribution is 7.90. The second-order valence-corrected chi connectivity index (χ2v) is 10.9. The maximum Gasteiger partial charge on any atom is 0.238 e. The van der Waals surface area contributed by atoms with Crippen molar-refractivity contribution in [2.75, 3.05) is 19.0 Å². The topological polar surface area (TPSA) is 72.9 Å². The van der Waals surface area contributed by atoms with E-state index in [4.69, 9.17) is 9.47 Å². The van der Waals surface area contributed by atoms with Crippen LogP contribution in [0.1, 0.15) is 65.2 Å². The maximum absolute atomic E-state index is 12.8. The van der Waals surface area contributed by atoms with Crippen molar-refractivity contribution < 1.29 is 22.7 Å². The fourth-order valence-corrected chi connectivity index (χ4v) is 8.59. The van der Waals surface area contributed by atoms with E-state index in [1.807, 2.05) is 0 Å². The summed E-state index contributed by atoms with van der Waals surface area (Å²) in [5.74, 6) is 0.489. The number of ether oxygens (including phenoxy) is 2. The van der Waals surface area contributed by atoms with E-state index in [2.05, 4.69) is 13.8 Å². The molecule has 0 aromatic rings. The van der Waals surface area contributed by atoms with E-state index in [0.717, 1.165) is 51.7 Å². The number of sulfonamides is 1. The predicted molar refractivity (Wildman–Crippen MR) is 96.8 cm³/mol. The molecule has 0 aromatic carbocycles. The first-order valence-electron chi connectivity index (χ1n) is 10.1. The lowest BCUT2D eigenvalue weighted by Gasteiger charge is -2.37. The molecule has 4 fully saturated rings. The minimum Gasteiger partial charge on any atom is -0.353 e. The smallest absolute Gasteiger partial charge is 0.238 e. The highest BCUT2D eigenvalue weighted by Gasteiger charge is 2.72. The van der Waals surface area contributed by atoms with Crippen LogP contribution in [-0.4, -0.2) is 49.9 Å². The van der Waals surface area contributed by atoms with Crippen molar-refractivity contribution >= 4 is 15.9 Å². The van der Waals surface area contributed by atoms with Gasteiger partial charge < -0.3 is 9.47 Å². The van der Waals surface area contributed by atoms with Crippen LogP contribution < -0.4 is 0 Å². The fraction of sp³-hybridized carbons (Fsp3) is 0.947. The number of fused-ring (bicyclic) bond motifs is 1. The van der Waals surface area contributed by atoms with Gasteiger partial charge in [-0.1, -0.05) is 13.8 Å². The van der Waals surface area contributed by atoms with Gasteiger partial charge in [-0.25, -0.2) is 12.7 Å². The van der Waals surface area contributed by atoms with Crippen LogP contribution in [-0.2, 0) is 24.3 Å². The Kier molecular flexibility index (Phi) is 4.64. The molecule has 1 spiro atoms. The number of nitrogens with zero attached hydrogens (tertiary/aromatic N) is 1. The Morgan fingerprint density at radius 1 is 1.19 bits per heavy atom. The van der Waals surface area contributed by atoms with Gasteiger partial charge in [0.15, 0.2) is 6.29 Å². The SMILES string of the molecule is CC1(C)[C@@H]2CCC13CS(=O)(=O)N(C(=O)CCCCC1OCCCO1)C3C2. The summed E-state index contributed by atoms with van der Waals surface area (Å²) in [6.45, 7) is 5.88. The molecular weight excluding hydrogens is 354 g/mol. The van der Waals surface area contributed by atoms with Gasteiger partial charge in [-0.2, -0.15) is 0 Å². The average Bonchev–Trinajstić information content (AvgIpc) is 3.07. The minimum atomic E-state index is -3.48. The Morgan fingerprint density at radius 2 is 1.92 bits per heavy atom. The zero-order chi connectivity index (χ0) is 18.6. The van der Waals surface area contributed by atoms with Gasteiger partial charge in [-0.3, -0.25) is 4.79 Å². The standard InChI is InChI=1S/C19H31NO5S/c1-18(2)14-8-9-19(18)13-26(22,23)20(15(19)12-14)16(21)6-3-4-7-17-24-10-5-11-25-17/h14-15,17H,3-13H2,1-2H3/t14-,15?,19?/m1/s1. The van der Waals surface area contributed by atoms with Crippen LogP contribution in [0, 0.1) is 16.7 Å². The summed E-state index contributed by atoms with van der Waals surface area (Å²) in [5, 5.41) is 0. The molecule has 2 saturated carbocycles. The highest BCUT2D eigenvalue weighted by atomic mass is 32.2. The largest absolute Gasteiger partial charge is 0.353 e. The molecule has 0 aromatic heterocycles. The van der Waals surface area contributed by atoms with Gasteiger partial charge in [-0.05, 0) is 56.3 Å². The first kappa shape index (κ1) is 18.7. The van der Waals surface area contributed by atoms with Gasteiger partial charge in [0.1, 0.15) is 0 Å². The van der Waals surface area contributed by atoms with Crippen molar-refractivity contribution in [3.8, 4) is 0 Å². The fourth-order valence-electron chi connectivity index (χ4n) is 6.02. The number of rotatable bonds is 5. The van der Waals surface area contributed by atoms with E-state index in [0.29, 0.717) is 18.8 Å². The van der Waals surface area contributed by atoms with Gasteiger partial charge in [-0.15, -0.1) is 0 Å². The Bertz CT molecular complexity index is 669. The number of amides is 1.